The smallest absolute Gasteiger partial charge is 0.358 e. The molecule has 0 aliphatic carbocycles. The van der Waals surface area contributed by atoms with Crippen molar-refractivity contribution in [3.8, 4) is 0 Å². The maximum Gasteiger partial charge on any atom is 0.373 e. The SMILES string of the molecule is O=[N+]([O-])c1c(N2CCN(S(=O)(=O)c3cccc(Cl)c3)CC2)nc2sccn12. The van der Waals surface area contributed by atoms with Gasteiger partial charge >= 0.3 is 5.82 Å². The Kier molecular flexibility index (Phi) is 4.54. The first kappa shape index (κ1) is 18.2. The van der Waals surface area contributed by atoms with E-state index >= 15 is 0 Å². The molecule has 0 N–H and O–H groups in total. The normalized spacial score (nSPS) is 16.1. The minimum absolute atomic E-state index is 0.0996. The maximum atomic E-state index is 12.8. The molecule has 1 saturated heterocycles. The highest BCUT2D eigenvalue weighted by molar-refractivity contribution is 7.89. The Labute approximate surface area is 163 Å². The van der Waals surface area contributed by atoms with Crippen molar-refractivity contribution in [1.82, 2.24) is 13.7 Å². The van der Waals surface area contributed by atoms with Crippen LogP contribution in [-0.4, -0.2) is 53.2 Å². The summed E-state index contributed by atoms with van der Waals surface area (Å²) in [6.45, 7) is 1.03. The summed E-state index contributed by atoms with van der Waals surface area (Å²) in [6, 6.07) is 6.12. The minimum atomic E-state index is -3.67. The van der Waals surface area contributed by atoms with Crippen LogP contribution in [0.5, 0.6) is 0 Å². The summed E-state index contributed by atoms with van der Waals surface area (Å²) in [6.07, 6.45) is 1.61. The molecule has 1 fully saturated rings. The highest BCUT2D eigenvalue weighted by Crippen LogP contribution is 2.32. The van der Waals surface area contributed by atoms with Crippen molar-refractivity contribution in [3.63, 3.8) is 0 Å². The number of hydrogen-bond donors (Lipinski definition) is 0. The highest BCUT2D eigenvalue weighted by atomic mass is 35.5. The number of rotatable bonds is 4. The zero-order valence-electron chi connectivity index (χ0n) is 13.9. The molecule has 27 heavy (non-hydrogen) atoms. The number of halogens is 1. The summed E-state index contributed by atoms with van der Waals surface area (Å²) < 4.78 is 28.4. The summed E-state index contributed by atoms with van der Waals surface area (Å²) in [4.78, 5) is 17.8. The van der Waals surface area contributed by atoms with Crippen LogP contribution in [0.2, 0.25) is 5.02 Å². The molecule has 3 aromatic rings. The molecule has 0 amide bonds. The number of aromatic nitrogens is 2. The van der Waals surface area contributed by atoms with E-state index in [0.717, 1.165) is 0 Å². The molecule has 0 bridgehead atoms. The summed E-state index contributed by atoms with van der Waals surface area (Å²) in [7, 11) is -3.67. The van der Waals surface area contributed by atoms with Crippen LogP contribution >= 0.6 is 22.9 Å². The lowest BCUT2D eigenvalue weighted by Crippen LogP contribution is -2.48. The standard InChI is InChI=1S/C15H14ClN5O4S2/c16-11-2-1-3-12(10-11)27(24,25)19-6-4-18(5-7-19)13-14(21(22)23)20-8-9-26-15(20)17-13/h1-3,8-10H,4-7H2. The van der Waals surface area contributed by atoms with Crippen LogP contribution in [0.15, 0.2) is 40.7 Å². The lowest BCUT2D eigenvalue weighted by atomic mass is 10.3. The predicted molar refractivity (Wildman–Crippen MR) is 102 cm³/mol. The van der Waals surface area contributed by atoms with Gasteiger partial charge in [-0.2, -0.15) is 13.7 Å². The van der Waals surface area contributed by atoms with Gasteiger partial charge in [0.25, 0.3) is 4.96 Å². The lowest BCUT2D eigenvalue weighted by Gasteiger charge is -2.33. The van der Waals surface area contributed by atoms with Gasteiger partial charge in [-0.3, -0.25) is 0 Å². The van der Waals surface area contributed by atoms with Gasteiger partial charge in [-0.1, -0.05) is 29.0 Å². The molecule has 142 valence electrons. The Morgan fingerprint density at radius 1 is 1.22 bits per heavy atom. The Morgan fingerprint density at radius 2 is 1.96 bits per heavy atom. The van der Waals surface area contributed by atoms with E-state index in [-0.39, 0.29) is 29.6 Å². The van der Waals surface area contributed by atoms with Gasteiger partial charge in [0, 0.05) is 36.6 Å². The number of hydrogen-bond acceptors (Lipinski definition) is 7. The highest BCUT2D eigenvalue weighted by Gasteiger charge is 2.33. The van der Waals surface area contributed by atoms with Crippen LogP contribution in [0.4, 0.5) is 11.6 Å². The second-order valence-corrected chi connectivity index (χ2v) is 9.17. The number of thiazole rings is 1. The van der Waals surface area contributed by atoms with Crippen molar-refractivity contribution < 1.29 is 13.3 Å². The topological polar surface area (TPSA) is 101 Å². The van der Waals surface area contributed by atoms with E-state index in [1.54, 1.807) is 28.6 Å². The second kappa shape index (κ2) is 6.75. The molecule has 1 aromatic carbocycles. The zero-order chi connectivity index (χ0) is 19.2. The Bertz CT molecular complexity index is 1120. The summed E-state index contributed by atoms with van der Waals surface area (Å²) in [5, 5.41) is 13.6. The van der Waals surface area contributed by atoms with E-state index in [2.05, 4.69) is 4.98 Å². The van der Waals surface area contributed by atoms with Crippen molar-refractivity contribution in [2.75, 3.05) is 31.1 Å². The molecule has 0 unspecified atom stereocenters. The van der Waals surface area contributed by atoms with Crippen LogP contribution in [0.25, 0.3) is 4.96 Å². The first-order valence-corrected chi connectivity index (χ1v) is 10.7. The van der Waals surface area contributed by atoms with Crippen molar-refractivity contribution in [2.45, 2.75) is 4.90 Å². The minimum Gasteiger partial charge on any atom is -0.358 e. The van der Waals surface area contributed by atoms with Crippen LogP contribution in [-0.2, 0) is 10.0 Å². The summed E-state index contributed by atoms with van der Waals surface area (Å²) in [5.41, 5.74) is 0. The van der Waals surface area contributed by atoms with Crippen LogP contribution in [0, 0.1) is 10.1 Å². The average molecular weight is 428 g/mol. The average Bonchev–Trinajstić information content (AvgIpc) is 3.22. The fraction of sp³-hybridized carbons (Fsp3) is 0.267. The van der Waals surface area contributed by atoms with Gasteiger partial charge < -0.3 is 15.0 Å². The third kappa shape index (κ3) is 3.16. The van der Waals surface area contributed by atoms with Crippen LogP contribution in [0.1, 0.15) is 0 Å². The molecule has 0 radical (unpaired) electrons. The number of nitrogens with zero attached hydrogens (tertiary/aromatic N) is 5. The molecule has 9 nitrogen and oxygen atoms in total. The second-order valence-electron chi connectivity index (χ2n) is 5.92. The van der Waals surface area contributed by atoms with E-state index in [4.69, 9.17) is 11.6 Å². The number of sulfonamides is 1. The van der Waals surface area contributed by atoms with Crippen molar-refractivity contribution in [3.05, 3.63) is 51.0 Å². The Morgan fingerprint density at radius 3 is 2.63 bits per heavy atom. The van der Waals surface area contributed by atoms with E-state index in [9.17, 15) is 18.5 Å². The number of anilines is 1. The van der Waals surface area contributed by atoms with Crippen molar-refractivity contribution >= 4 is 49.6 Å². The first-order chi connectivity index (χ1) is 12.9. The third-order valence-corrected chi connectivity index (χ3v) is 7.25. The van der Waals surface area contributed by atoms with Crippen molar-refractivity contribution in [1.29, 1.82) is 0 Å². The third-order valence-electron chi connectivity index (χ3n) is 4.36. The lowest BCUT2D eigenvalue weighted by molar-refractivity contribution is -0.389. The number of imidazole rings is 1. The molecule has 12 heteroatoms. The summed E-state index contributed by atoms with van der Waals surface area (Å²) >= 11 is 7.21. The van der Waals surface area contributed by atoms with Crippen LogP contribution < -0.4 is 4.90 Å². The largest absolute Gasteiger partial charge is 0.373 e. The van der Waals surface area contributed by atoms with Gasteiger partial charge in [-0.25, -0.2) is 8.42 Å². The molecule has 3 heterocycles. The number of piperazine rings is 1. The van der Waals surface area contributed by atoms with Crippen molar-refractivity contribution in [2.24, 2.45) is 0 Å². The first-order valence-electron chi connectivity index (χ1n) is 7.98. The fourth-order valence-electron chi connectivity index (χ4n) is 3.06. The fourth-order valence-corrected chi connectivity index (χ4v) is 5.49. The van der Waals surface area contributed by atoms with Gasteiger partial charge in [-0.15, -0.1) is 0 Å². The molecule has 1 aliphatic heterocycles. The maximum absolute atomic E-state index is 12.8. The van der Waals surface area contributed by atoms with E-state index in [0.29, 0.717) is 23.1 Å². The molecule has 0 saturated carbocycles. The summed E-state index contributed by atoms with van der Waals surface area (Å²) in [5.74, 6) is 0.170. The number of fused-ring (bicyclic) bond motifs is 1. The van der Waals surface area contributed by atoms with E-state index in [1.165, 1.54) is 32.2 Å². The monoisotopic (exact) mass is 427 g/mol. The van der Waals surface area contributed by atoms with Gasteiger partial charge in [0.1, 0.15) is 6.20 Å². The predicted octanol–water partition coefficient (Wildman–Crippen LogP) is 2.47. The van der Waals surface area contributed by atoms with E-state index in [1.807, 2.05) is 0 Å². The van der Waals surface area contributed by atoms with E-state index < -0.39 is 14.9 Å². The van der Waals surface area contributed by atoms with Gasteiger partial charge in [-0.05, 0) is 23.1 Å². The number of benzene rings is 1. The van der Waals surface area contributed by atoms with Crippen LogP contribution in [0.3, 0.4) is 0 Å². The van der Waals surface area contributed by atoms with Gasteiger partial charge in [0.15, 0.2) is 0 Å². The molecule has 4 rings (SSSR count). The number of nitro groups is 1. The molecular weight excluding hydrogens is 414 g/mol. The van der Waals surface area contributed by atoms with Gasteiger partial charge in [0.2, 0.25) is 15.8 Å². The Hall–Kier alpha value is -2.21. The Balaban J connectivity index is 1.57. The molecule has 0 spiro atoms. The van der Waals surface area contributed by atoms with Gasteiger partial charge in [0.05, 0.1) is 4.90 Å². The molecule has 1 aliphatic rings. The molecular formula is C15H14ClN5O4S2. The molecule has 0 atom stereocenters. The zero-order valence-corrected chi connectivity index (χ0v) is 16.2. The molecule has 2 aromatic heterocycles. The quantitative estimate of drug-likeness (QED) is 0.468.